The van der Waals surface area contributed by atoms with Gasteiger partial charge in [-0.3, -0.25) is 19.6 Å². The first-order chi connectivity index (χ1) is 15.6. The van der Waals surface area contributed by atoms with Crippen molar-refractivity contribution in [1.82, 2.24) is 15.0 Å². The fourth-order valence-corrected chi connectivity index (χ4v) is 4.25. The molecule has 1 aliphatic heterocycles. The highest BCUT2D eigenvalue weighted by molar-refractivity contribution is 6.22. The van der Waals surface area contributed by atoms with Gasteiger partial charge in [-0.15, -0.1) is 0 Å². The predicted molar refractivity (Wildman–Crippen MR) is 122 cm³/mol. The van der Waals surface area contributed by atoms with E-state index in [9.17, 15) is 9.59 Å². The smallest absolute Gasteiger partial charge is 0.278 e. The number of hydrogen-bond donors (Lipinski definition) is 2. The van der Waals surface area contributed by atoms with Gasteiger partial charge in [-0.1, -0.05) is 48.5 Å². The number of allylic oxidation sites excluding steroid dienone is 1. The van der Waals surface area contributed by atoms with Gasteiger partial charge in [-0.05, 0) is 36.6 Å². The summed E-state index contributed by atoms with van der Waals surface area (Å²) in [5, 5.41) is 1.24. The fraction of sp³-hybridized carbons (Fsp3) is 0.120. The van der Waals surface area contributed by atoms with Gasteiger partial charge in [-0.2, -0.15) is 0 Å². The zero-order valence-electron chi connectivity index (χ0n) is 17.5. The highest BCUT2D eigenvalue weighted by Gasteiger charge is 2.33. The quantitative estimate of drug-likeness (QED) is 0.669. The number of hydrogen-bond acceptors (Lipinski definition) is 4. The van der Waals surface area contributed by atoms with Crippen LogP contribution < -0.4 is 15.9 Å². The Kier molecular flexibility index (Phi) is 4.78. The third-order valence-corrected chi connectivity index (χ3v) is 5.71. The number of nitrogens with two attached hydrogens (primary N) is 1. The monoisotopic (exact) mass is 426 g/mol. The number of methoxy groups -OCH3 is 1. The molecule has 2 aromatic carbocycles. The normalized spacial score (nSPS) is 14.8. The number of amides is 2. The Bertz CT molecular complexity index is 1290. The molecule has 7 nitrogen and oxygen atoms in total. The summed E-state index contributed by atoms with van der Waals surface area (Å²) in [6.45, 7) is 0. The van der Waals surface area contributed by atoms with Crippen molar-refractivity contribution in [2.75, 3.05) is 12.8 Å². The SMILES string of the molecule is COc1ccccc1C(=O)NN1C=C(c2ccccc2)n2c(N)cc3c2C(=CCC3)C1=O. The molecule has 32 heavy (non-hydrogen) atoms. The number of nitrogens with one attached hydrogen (secondary N) is 1. The van der Waals surface area contributed by atoms with Gasteiger partial charge in [0.1, 0.15) is 11.6 Å². The van der Waals surface area contributed by atoms with Gasteiger partial charge >= 0.3 is 0 Å². The van der Waals surface area contributed by atoms with Crippen LogP contribution in [0.3, 0.4) is 0 Å². The molecule has 0 spiro atoms. The van der Waals surface area contributed by atoms with Crippen molar-refractivity contribution in [2.45, 2.75) is 12.8 Å². The molecule has 2 amide bonds. The molecule has 0 atom stereocenters. The van der Waals surface area contributed by atoms with Gasteiger partial charge in [0.2, 0.25) is 0 Å². The van der Waals surface area contributed by atoms with E-state index in [4.69, 9.17) is 10.5 Å². The molecule has 0 unspecified atom stereocenters. The molecule has 3 aromatic rings. The lowest BCUT2D eigenvalue weighted by atomic mass is 9.96. The first kappa shape index (κ1) is 19.7. The van der Waals surface area contributed by atoms with E-state index in [2.05, 4.69) is 5.43 Å². The Labute approximate surface area is 185 Å². The van der Waals surface area contributed by atoms with Crippen LogP contribution in [0.1, 0.15) is 33.6 Å². The fourth-order valence-electron chi connectivity index (χ4n) is 4.25. The minimum atomic E-state index is -0.448. The third-order valence-electron chi connectivity index (χ3n) is 5.71. The van der Waals surface area contributed by atoms with Gasteiger partial charge in [0.25, 0.3) is 11.8 Å². The van der Waals surface area contributed by atoms with Crippen LogP contribution in [-0.2, 0) is 11.2 Å². The van der Waals surface area contributed by atoms with Gasteiger partial charge in [0.15, 0.2) is 0 Å². The van der Waals surface area contributed by atoms with Crippen molar-refractivity contribution in [3.8, 4) is 5.75 Å². The van der Waals surface area contributed by atoms with E-state index in [0.717, 1.165) is 29.7 Å². The summed E-state index contributed by atoms with van der Waals surface area (Å²) in [6, 6.07) is 18.5. The molecule has 0 saturated heterocycles. The maximum Gasteiger partial charge on any atom is 0.278 e. The number of nitrogen functional groups attached to an aromatic ring is 1. The summed E-state index contributed by atoms with van der Waals surface area (Å²) in [5.41, 5.74) is 13.4. The Morgan fingerprint density at radius 3 is 2.62 bits per heavy atom. The Morgan fingerprint density at radius 1 is 1.09 bits per heavy atom. The number of para-hydroxylation sites is 1. The Hall–Kier alpha value is -4.26. The van der Waals surface area contributed by atoms with Gasteiger partial charge in [-0.25, -0.2) is 5.01 Å². The molecular weight excluding hydrogens is 404 g/mol. The van der Waals surface area contributed by atoms with Crippen LogP contribution in [0.5, 0.6) is 5.75 Å². The molecule has 1 aliphatic carbocycles. The molecule has 0 radical (unpaired) electrons. The lowest BCUT2D eigenvalue weighted by molar-refractivity contribution is -0.124. The molecule has 0 fully saturated rings. The molecule has 160 valence electrons. The van der Waals surface area contributed by atoms with Crippen LogP contribution in [-0.4, -0.2) is 28.5 Å². The summed E-state index contributed by atoms with van der Waals surface area (Å²) in [7, 11) is 1.50. The summed E-state index contributed by atoms with van der Waals surface area (Å²) in [4.78, 5) is 26.6. The molecule has 5 rings (SSSR count). The van der Waals surface area contributed by atoms with Crippen LogP contribution in [0.4, 0.5) is 5.82 Å². The van der Waals surface area contributed by atoms with Crippen LogP contribution >= 0.6 is 0 Å². The third kappa shape index (κ3) is 3.15. The van der Waals surface area contributed by atoms with Crippen molar-refractivity contribution in [3.63, 3.8) is 0 Å². The zero-order valence-corrected chi connectivity index (χ0v) is 17.5. The topological polar surface area (TPSA) is 89.6 Å². The number of aryl methyl sites for hydroxylation is 1. The van der Waals surface area contributed by atoms with Crippen LogP contribution in [0.15, 0.2) is 72.9 Å². The number of ether oxygens (including phenoxy) is 1. The van der Waals surface area contributed by atoms with Crippen molar-refractivity contribution in [2.24, 2.45) is 0 Å². The Balaban J connectivity index is 1.64. The number of nitrogens with zero attached hydrogens (tertiary/aromatic N) is 2. The number of carbonyl (C=O) groups excluding carboxylic acids is 2. The number of hydrazine groups is 1. The molecule has 0 bridgehead atoms. The molecule has 7 heteroatoms. The highest BCUT2D eigenvalue weighted by atomic mass is 16.5. The number of benzene rings is 2. The summed E-state index contributed by atoms with van der Waals surface area (Å²) >= 11 is 0. The number of rotatable bonds is 4. The molecule has 2 aliphatic rings. The van der Waals surface area contributed by atoms with Gasteiger partial charge < -0.3 is 10.5 Å². The molecule has 1 aromatic heterocycles. The summed E-state index contributed by atoms with van der Waals surface area (Å²) in [5.74, 6) is 0.202. The predicted octanol–water partition coefficient (Wildman–Crippen LogP) is 3.44. The second-order valence-corrected chi connectivity index (χ2v) is 7.63. The lowest BCUT2D eigenvalue weighted by Gasteiger charge is -2.21. The van der Waals surface area contributed by atoms with Crippen molar-refractivity contribution < 1.29 is 14.3 Å². The second-order valence-electron chi connectivity index (χ2n) is 7.63. The Morgan fingerprint density at radius 2 is 1.84 bits per heavy atom. The minimum absolute atomic E-state index is 0.320. The van der Waals surface area contributed by atoms with Crippen LogP contribution in [0.25, 0.3) is 11.3 Å². The molecule has 3 N–H and O–H groups in total. The molecular formula is C25H22N4O3. The zero-order chi connectivity index (χ0) is 22.2. The van der Waals surface area contributed by atoms with Crippen LogP contribution in [0, 0.1) is 0 Å². The van der Waals surface area contributed by atoms with E-state index in [1.54, 1.807) is 30.5 Å². The van der Waals surface area contributed by atoms with Crippen LogP contribution in [0.2, 0.25) is 0 Å². The first-order valence-electron chi connectivity index (χ1n) is 10.3. The lowest BCUT2D eigenvalue weighted by Crippen LogP contribution is -2.43. The largest absolute Gasteiger partial charge is 0.496 e. The number of carbonyl (C=O) groups is 2. The standard InChI is InChI=1S/C25H22N4O3/c1-32-21-13-6-5-11-18(21)24(30)27-28-15-20(16-8-3-2-4-9-16)29-22(26)14-17-10-7-12-19(23(17)29)25(28)31/h2-6,8-9,11-15H,7,10,26H2,1H3,(H,27,30). The van der Waals surface area contributed by atoms with Gasteiger partial charge in [0, 0.05) is 5.56 Å². The van der Waals surface area contributed by atoms with Crippen molar-refractivity contribution >= 4 is 28.9 Å². The van der Waals surface area contributed by atoms with E-state index in [0.29, 0.717) is 28.4 Å². The minimum Gasteiger partial charge on any atom is -0.496 e. The van der Waals surface area contributed by atoms with Gasteiger partial charge in [0.05, 0.1) is 35.8 Å². The number of aromatic nitrogens is 1. The summed E-state index contributed by atoms with van der Waals surface area (Å²) in [6.07, 6.45) is 5.07. The number of anilines is 1. The second kappa shape index (κ2) is 7.77. The molecule has 0 saturated carbocycles. The van der Waals surface area contributed by atoms with E-state index in [-0.39, 0.29) is 5.91 Å². The van der Waals surface area contributed by atoms with E-state index in [1.165, 1.54) is 12.1 Å². The van der Waals surface area contributed by atoms with E-state index < -0.39 is 5.91 Å². The van der Waals surface area contributed by atoms with Crippen molar-refractivity contribution in [3.05, 3.63) is 95.3 Å². The maximum absolute atomic E-state index is 13.5. The van der Waals surface area contributed by atoms with Crippen molar-refractivity contribution in [1.29, 1.82) is 0 Å². The average Bonchev–Trinajstić information content (AvgIpc) is 3.10. The highest BCUT2D eigenvalue weighted by Crippen LogP contribution is 2.38. The first-order valence-corrected chi connectivity index (χ1v) is 10.3. The molecule has 2 heterocycles. The maximum atomic E-state index is 13.5. The average molecular weight is 426 g/mol. The van der Waals surface area contributed by atoms with E-state index >= 15 is 0 Å². The summed E-state index contributed by atoms with van der Waals surface area (Å²) < 4.78 is 7.20. The van der Waals surface area contributed by atoms with E-state index in [1.807, 2.05) is 47.0 Å².